The number of nitrogens with one attached hydrogen (secondary N) is 1. The lowest BCUT2D eigenvalue weighted by Crippen LogP contribution is -2.60. The molecule has 0 saturated carbocycles. The van der Waals surface area contributed by atoms with Crippen LogP contribution in [-0.4, -0.2) is 100 Å². The molecule has 1 aliphatic rings. The third kappa shape index (κ3) is 63.6. The number of aliphatic hydroxyl groups excluding tert-OH is 5. The molecule has 0 aromatic carbocycles. The highest BCUT2D eigenvalue weighted by Crippen LogP contribution is 2.24. The molecule has 0 radical (unpaired) electrons. The molecule has 1 heterocycles. The zero-order valence-electron chi connectivity index (χ0n) is 64.8. The molecule has 7 unspecified atom stereocenters. The molecule has 11 nitrogen and oxygen atoms in total. The number of rotatable bonds is 78. The van der Waals surface area contributed by atoms with Crippen LogP contribution in [0.25, 0.3) is 0 Å². The first-order chi connectivity index (χ1) is 48.2. The minimum absolute atomic E-state index is 0.0172. The van der Waals surface area contributed by atoms with Gasteiger partial charge in [0.2, 0.25) is 5.91 Å². The maximum atomic E-state index is 13.1. The van der Waals surface area contributed by atoms with Gasteiger partial charge in [-0.1, -0.05) is 384 Å². The van der Waals surface area contributed by atoms with Gasteiger partial charge < -0.3 is 45.1 Å². The fourth-order valence-corrected chi connectivity index (χ4v) is 14.0. The summed E-state index contributed by atoms with van der Waals surface area (Å²) >= 11 is 0. The fourth-order valence-electron chi connectivity index (χ4n) is 14.0. The molecule has 0 aromatic rings. The number of carbonyl (C=O) groups excluding carboxylic acids is 2. The Kier molecular flexibility index (Phi) is 72.8. The first-order valence-electron chi connectivity index (χ1n) is 43.3. The summed E-state index contributed by atoms with van der Waals surface area (Å²) in [5.41, 5.74) is 0. The van der Waals surface area contributed by atoms with Crippen LogP contribution in [0.2, 0.25) is 0 Å². The monoisotopic (exact) mass is 1380 g/mol. The summed E-state index contributed by atoms with van der Waals surface area (Å²) in [6.07, 6.45) is 90.6. The van der Waals surface area contributed by atoms with Crippen molar-refractivity contribution < 1.29 is 49.3 Å². The van der Waals surface area contributed by atoms with Gasteiger partial charge in [-0.15, -0.1) is 0 Å². The number of allylic oxidation sites excluding steroid dienone is 5. The number of hydrogen-bond donors (Lipinski definition) is 6. The molecular formula is C87H165NO10. The molecule has 0 bridgehead atoms. The molecule has 1 amide bonds. The summed E-state index contributed by atoms with van der Waals surface area (Å²) in [6.45, 7) is 4.40. The van der Waals surface area contributed by atoms with Crippen molar-refractivity contribution in [2.24, 2.45) is 0 Å². The third-order valence-corrected chi connectivity index (χ3v) is 20.7. The van der Waals surface area contributed by atoms with Crippen LogP contribution in [0.5, 0.6) is 0 Å². The van der Waals surface area contributed by atoms with Crippen molar-refractivity contribution in [3.63, 3.8) is 0 Å². The summed E-state index contributed by atoms with van der Waals surface area (Å²) in [7, 11) is 0. The molecule has 578 valence electrons. The molecule has 98 heavy (non-hydrogen) atoms. The van der Waals surface area contributed by atoms with Gasteiger partial charge in [0.05, 0.1) is 32.0 Å². The molecule has 11 heteroatoms. The number of ether oxygens (including phenoxy) is 3. The lowest BCUT2D eigenvalue weighted by Gasteiger charge is -2.40. The maximum Gasteiger partial charge on any atom is 0.305 e. The quantitative estimate of drug-likeness (QED) is 0.0195. The van der Waals surface area contributed by atoms with Gasteiger partial charge >= 0.3 is 5.97 Å². The Balaban J connectivity index is 1.85. The number of hydrogen-bond acceptors (Lipinski definition) is 10. The molecule has 7 atom stereocenters. The van der Waals surface area contributed by atoms with Gasteiger partial charge in [-0.25, -0.2) is 0 Å². The number of esters is 1. The second-order valence-corrected chi connectivity index (χ2v) is 30.2. The Hall–Kier alpha value is -2.12. The van der Waals surface area contributed by atoms with E-state index >= 15 is 0 Å². The van der Waals surface area contributed by atoms with Gasteiger partial charge in [-0.05, 0) is 83.5 Å². The van der Waals surface area contributed by atoms with Crippen molar-refractivity contribution in [1.29, 1.82) is 0 Å². The Labute approximate surface area is 606 Å². The van der Waals surface area contributed by atoms with Crippen LogP contribution in [0.15, 0.2) is 36.5 Å². The molecule has 0 spiro atoms. The van der Waals surface area contributed by atoms with Gasteiger partial charge in [0.15, 0.2) is 6.29 Å². The molecule has 1 aliphatic heterocycles. The normalized spacial score (nSPS) is 17.3. The number of unbranched alkanes of at least 4 members (excludes halogenated alkanes) is 60. The highest BCUT2D eigenvalue weighted by molar-refractivity contribution is 5.76. The first-order valence-corrected chi connectivity index (χ1v) is 43.3. The van der Waals surface area contributed by atoms with Crippen LogP contribution < -0.4 is 5.32 Å². The van der Waals surface area contributed by atoms with Gasteiger partial charge in [0.1, 0.15) is 24.4 Å². The Morgan fingerprint density at radius 3 is 0.980 bits per heavy atom. The van der Waals surface area contributed by atoms with E-state index in [0.29, 0.717) is 19.4 Å². The smallest absolute Gasteiger partial charge is 0.305 e. The van der Waals surface area contributed by atoms with Crippen molar-refractivity contribution in [1.82, 2.24) is 5.32 Å². The van der Waals surface area contributed by atoms with Gasteiger partial charge in [0.25, 0.3) is 0 Å². The molecular weight excluding hydrogens is 1220 g/mol. The Morgan fingerprint density at radius 1 is 0.367 bits per heavy atom. The topological polar surface area (TPSA) is 175 Å². The summed E-state index contributed by atoms with van der Waals surface area (Å²) < 4.78 is 16.8. The Morgan fingerprint density at radius 2 is 0.653 bits per heavy atom. The van der Waals surface area contributed by atoms with E-state index in [1.807, 2.05) is 6.08 Å². The van der Waals surface area contributed by atoms with E-state index in [1.54, 1.807) is 6.08 Å². The maximum absolute atomic E-state index is 13.1. The van der Waals surface area contributed by atoms with E-state index in [0.717, 1.165) is 51.4 Å². The van der Waals surface area contributed by atoms with E-state index in [-0.39, 0.29) is 18.5 Å². The first kappa shape index (κ1) is 93.9. The summed E-state index contributed by atoms with van der Waals surface area (Å²) in [5.74, 6) is -0.158. The van der Waals surface area contributed by atoms with Crippen molar-refractivity contribution in [3.05, 3.63) is 36.5 Å². The van der Waals surface area contributed by atoms with Crippen molar-refractivity contribution in [3.8, 4) is 0 Å². The number of aliphatic hydroxyl groups is 5. The SMILES string of the molecule is CCCCCCCC/C=C\CCCCCCCCCCCC(=O)OCCCCCCCCCCCCCCCCCCCC/C=C\CCCCCCCCCCCCCCCCCCCC(=O)NC(COC1OC(CO)C(O)C(O)C1O)C(O)/C=C/CCCCCCCCCCCC. The molecule has 6 N–H and O–H groups in total. The van der Waals surface area contributed by atoms with Gasteiger partial charge in [-0.2, -0.15) is 0 Å². The highest BCUT2D eigenvalue weighted by atomic mass is 16.7. The second kappa shape index (κ2) is 76.0. The number of amides is 1. The fraction of sp³-hybridized carbons (Fsp3) is 0.908. The van der Waals surface area contributed by atoms with Gasteiger partial charge in [-0.3, -0.25) is 9.59 Å². The van der Waals surface area contributed by atoms with E-state index in [4.69, 9.17) is 14.2 Å². The molecule has 0 aliphatic carbocycles. The molecule has 1 rings (SSSR count). The second-order valence-electron chi connectivity index (χ2n) is 30.2. The predicted octanol–water partition coefficient (Wildman–Crippen LogP) is 24.0. The van der Waals surface area contributed by atoms with E-state index in [2.05, 4.69) is 43.5 Å². The summed E-state index contributed by atoms with van der Waals surface area (Å²) in [5, 5.41) is 54.6. The number of carbonyl (C=O) groups is 2. The zero-order chi connectivity index (χ0) is 70.8. The van der Waals surface area contributed by atoms with E-state index < -0.39 is 49.5 Å². The van der Waals surface area contributed by atoms with Gasteiger partial charge in [0, 0.05) is 12.8 Å². The van der Waals surface area contributed by atoms with E-state index in [1.165, 1.54) is 366 Å². The van der Waals surface area contributed by atoms with E-state index in [9.17, 15) is 35.1 Å². The highest BCUT2D eigenvalue weighted by Gasteiger charge is 2.44. The summed E-state index contributed by atoms with van der Waals surface area (Å²) in [6, 6.07) is -0.806. The Bertz CT molecular complexity index is 1720. The lowest BCUT2D eigenvalue weighted by molar-refractivity contribution is -0.302. The van der Waals surface area contributed by atoms with Crippen LogP contribution in [-0.2, 0) is 23.8 Å². The lowest BCUT2D eigenvalue weighted by atomic mass is 9.99. The van der Waals surface area contributed by atoms with Crippen molar-refractivity contribution in [2.45, 2.75) is 487 Å². The standard InChI is InChI=1S/C87H165NO10/c1-3-5-7-9-11-13-15-17-18-19-41-45-48-51-55-59-63-67-71-75-83(92)96-76-72-68-64-60-56-52-49-46-43-40-38-36-34-32-30-28-26-24-22-20-21-23-25-27-29-31-33-35-37-39-42-44-47-50-54-58-62-66-70-74-82(91)88-79(78-97-87-86(95)85(94)84(93)81(77-89)98-87)80(90)73-69-65-61-57-53-16-14-12-10-8-6-4-2/h17-18,20-21,69,73,79-81,84-87,89-90,93-95H,3-16,19,22-68,70-72,74-78H2,1-2H3,(H,88,91)/b18-17-,21-20-,73-69+. The average molecular weight is 1390 g/mol. The predicted molar refractivity (Wildman–Crippen MR) is 417 cm³/mol. The van der Waals surface area contributed by atoms with Crippen LogP contribution in [0.3, 0.4) is 0 Å². The van der Waals surface area contributed by atoms with Crippen LogP contribution >= 0.6 is 0 Å². The minimum atomic E-state index is -1.57. The molecule has 1 saturated heterocycles. The largest absolute Gasteiger partial charge is 0.466 e. The van der Waals surface area contributed by atoms with Crippen molar-refractivity contribution in [2.75, 3.05) is 19.8 Å². The average Bonchev–Trinajstić information content (AvgIpc) is 0.832. The van der Waals surface area contributed by atoms with Crippen LogP contribution in [0, 0.1) is 0 Å². The zero-order valence-corrected chi connectivity index (χ0v) is 64.8. The molecule has 0 aromatic heterocycles. The molecule has 1 fully saturated rings. The van der Waals surface area contributed by atoms with Crippen LogP contribution in [0.4, 0.5) is 0 Å². The van der Waals surface area contributed by atoms with Crippen LogP contribution in [0.1, 0.15) is 444 Å². The summed E-state index contributed by atoms with van der Waals surface area (Å²) in [4.78, 5) is 25.2. The third-order valence-electron chi connectivity index (χ3n) is 20.7. The van der Waals surface area contributed by atoms with Crippen molar-refractivity contribution >= 4 is 11.9 Å². The minimum Gasteiger partial charge on any atom is -0.466 e.